The molecule has 1 atom stereocenters. The second kappa shape index (κ2) is 10.7. The van der Waals surface area contributed by atoms with Gasteiger partial charge in [-0.1, -0.05) is 6.07 Å². The predicted molar refractivity (Wildman–Crippen MR) is 152 cm³/mol. The van der Waals surface area contributed by atoms with Crippen molar-refractivity contribution in [2.45, 2.75) is 56.4 Å². The van der Waals surface area contributed by atoms with Crippen molar-refractivity contribution in [3.05, 3.63) is 76.7 Å². The minimum absolute atomic E-state index is 0.0667. The zero-order valence-electron chi connectivity index (χ0n) is 24.2. The number of carbonyl (C=O) groups is 1. The van der Waals surface area contributed by atoms with E-state index in [9.17, 15) is 35.5 Å². The van der Waals surface area contributed by atoms with E-state index in [1.54, 1.807) is 13.0 Å². The van der Waals surface area contributed by atoms with Crippen LogP contribution in [0.5, 0.6) is 0 Å². The van der Waals surface area contributed by atoms with Crippen molar-refractivity contribution < 1.29 is 35.5 Å². The van der Waals surface area contributed by atoms with Gasteiger partial charge in [0.05, 0.1) is 28.4 Å². The highest BCUT2D eigenvalue weighted by Crippen LogP contribution is 2.52. The van der Waals surface area contributed by atoms with E-state index < -0.39 is 40.6 Å². The van der Waals surface area contributed by atoms with Gasteiger partial charge in [0.1, 0.15) is 11.6 Å². The van der Waals surface area contributed by atoms with E-state index in [4.69, 9.17) is 0 Å². The highest BCUT2D eigenvalue weighted by atomic mass is 19.4. The van der Waals surface area contributed by atoms with Crippen LogP contribution in [-0.4, -0.2) is 55.1 Å². The van der Waals surface area contributed by atoms with Crippen LogP contribution in [0, 0.1) is 12.7 Å². The Balaban J connectivity index is 1.40. The van der Waals surface area contributed by atoms with Crippen molar-refractivity contribution in [3.63, 3.8) is 0 Å². The summed E-state index contributed by atoms with van der Waals surface area (Å²) < 4.78 is 95.9. The first-order valence-corrected chi connectivity index (χ1v) is 14.5. The van der Waals surface area contributed by atoms with Crippen molar-refractivity contribution in [2.24, 2.45) is 0 Å². The number of halogens is 7. The molecule has 2 saturated heterocycles. The number of likely N-dealkylation sites (N-methyl/N-ethyl adjacent to an activating group) is 1. The third-order valence-corrected chi connectivity index (χ3v) is 9.22. The van der Waals surface area contributed by atoms with Crippen LogP contribution in [-0.2, 0) is 22.6 Å². The Hall–Kier alpha value is -3.67. The molecule has 2 aromatic carbocycles. The summed E-state index contributed by atoms with van der Waals surface area (Å²) in [6, 6.07) is 7.85. The molecule has 3 aliphatic rings. The number of benzene rings is 2. The number of fused-ring (bicyclic) bond motifs is 1. The maximum atomic E-state index is 14.1. The van der Waals surface area contributed by atoms with E-state index in [0.717, 1.165) is 39.0 Å². The Morgan fingerprint density at radius 3 is 2.23 bits per heavy atom. The second-order valence-electron chi connectivity index (χ2n) is 12.0. The molecule has 12 heteroatoms. The smallest absolute Gasteiger partial charge is 0.354 e. The highest BCUT2D eigenvalue weighted by Gasteiger charge is 2.54. The van der Waals surface area contributed by atoms with E-state index in [1.165, 1.54) is 30.3 Å². The molecule has 1 amide bonds. The van der Waals surface area contributed by atoms with Gasteiger partial charge in [-0.3, -0.25) is 9.69 Å². The zero-order chi connectivity index (χ0) is 31.6. The molecule has 1 aliphatic carbocycles. The van der Waals surface area contributed by atoms with Crippen LogP contribution in [0.2, 0.25) is 0 Å². The Labute approximate surface area is 250 Å². The summed E-state index contributed by atoms with van der Waals surface area (Å²) >= 11 is 0. The third-order valence-electron chi connectivity index (χ3n) is 9.22. The van der Waals surface area contributed by atoms with E-state index in [-0.39, 0.29) is 24.5 Å². The summed E-state index contributed by atoms with van der Waals surface area (Å²) in [6.07, 6.45) is -6.14. The fraction of sp³-hybridized carbons (Fsp3) is 0.438. The number of aromatic nitrogens is 1. The number of hydrogen-bond acceptors (Lipinski definition) is 4. The molecular formula is C32H31F7N4O. The van der Waals surface area contributed by atoms with Gasteiger partial charge in [-0.25, -0.2) is 9.37 Å². The SMILES string of the molecule is Cc1cc(F)ccc1-c1cc(N2CCN3CCCC3C2)ncc1N(C)C(=O)C1(c2cc(C(F)(F)F)cc(C(F)(F)F)c2)CC1. The molecule has 1 aromatic heterocycles. The van der Waals surface area contributed by atoms with Gasteiger partial charge in [0.25, 0.3) is 0 Å². The lowest BCUT2D eigenvalue weighted by Crippen LogP contribution is -2.50. The molecule has 5 nitrogen and oxygen atoms in total. The van der Waals surface area contributed by atoms with Crippen LogP contribution in [0.3, 0.4) is 0 Å². The first-order chi connectivity index (χ1) is 20.7. The van der Waals surface area contributed by atoms with E-state index >= 15 is 0 Å². The van der Waals surface area contributed by atoms with Crippen LogP contribution < -0.4 is 9.80 Å². The fourth-order valence-corrected chi connectivity index (χ4v) is 6.63. The Kier molecular flexibility index (Phi) is 7.41. The Bertz CT molecular complexity index is 1570. The van der Waals surface area contributed by atoms with E-state index in [2.05, 4.69) is 14.8 Å². The van der Waals surface area contributed by atoms with Crippen LogP contribution in [0.4, 0.5) is 42.2 Å². The van der Waals surface area contributed by atoms with Crippen LogP contribution in [0.1, 0.15) is 47.9 Å². The lowest BCUT2D eigenvalue weighted by molar-refractivity contribution is -0.143. The fourth-order valence-electron chi connectivity index (χ4n) is 6.63. The largest absolute Gasteiger partial charge is 0.416 e. The average molecular weight is 621 g/mol. The molecular weight excluding hydrogens is 589 g/mol. The molecule has 3 aromatic rings. The molecule has 0 bridgehead atoms. The summed E-state index contributed by atoms with van der Waals surface area (Å²) in [5.74, 6) is -0.403. The molecule has 3 heterocycles. The average Bonchev–Trinajstić information content (AvgIpc) is 3.65. The Morgan fingerprint density at radius 1 is 0.932 bits per heavy atom. The van der Waals surface area contributed by atoms with Gasteiger partial charge in [-0.2, -0.15) is 26.3 Å². The minimum atomic E-state index is -5.03. The molecule has 1 saturated carbocycles. The standard InChI is InChI=1S/C32H31F7N4O/c1-19-12-23(33)5-6-25(19)26-16-28(43-11-10-42-9-3-4-24(42)18-43)40-17-27(26)41(2)29(44)30(7-8-30)20-13-21(31(34,35)36)15-22(14-20)32(37,38)39/h5-6,12-17,24H,3-4,7-11,18H2,1-2H3. The van der Waals surface area contributed by atoms with Crippen molar-refractivity contribution in [3.8, 4) is 11.1 Å². The maximum Gasteiger partial charge on any atom is 0.416 e. The quantitative estimate of drug-likeness (QED) is 0.283. The number of hydrogen-bond donors (Lipinski definition) is 0. The summed E-state index contributed by atoms with van der Waals surface area (Å²) in [7, 11) is 1.44. The number of rotatable bonds is 5. The predicted octanol–water partition coefficient (Wildman–Crippen LogP) is 7.21. The molecule has 0 spiro atoms. The number of anilines is 2. The van der Waals surface area contributed by atoms with Gasteiger partial charge in [0.2, 0.25) is 5.91 Å². The molecule has 6 rings (SSSR count). The topological polar surface area (TPSA) is 39.7 Å². The molecule has 2 aliphatic heterocycles. The summed E-state index contributed by atoms with van der Waals surface area (Å²) in [4.78, 5) is 24.6. The normalized spacial score (nSPS) is 20.0. The summed E-state index contributed by atoms with van der Waals surface area (Å²) in [5, 5.41) is 0. The lowest BCUT2D eigenvalue weighted by atomic mass is 9.90. The zero-order valence-corrected chi connectivity index (χ0v) is 24.2. The van der Waals surface area contributed by atoms with Gasteiger partial charge in [0.15, 0.2) is 0 Å². The number of pyridine rings is 1. The van der Waals surface area contributed by atoms with Crippen molar-refractivity contribution in [2.75, 3.05) is 43.0 Å². The third kappa shape index (κ3) is 5.52. The number of aryl methyl sites for hydroxylation is 1. The van der Waals surface area contributed by atoms with Gasteiger partial charge in [-0.05, 0) is 92.2 Å². The molecule has 44 heavy (non-hydrogen) atoms. The monoisotopic (exact) mass is 620 g/mol. The lowest BCUT2D eigenvalue weighted by Gasteiger charge is -2.38. The summed E-state index contributed by atoms with van der Waals surface area (Å²) in [6.45, 7) is 5.21. The first-order valence-electron chi connectivity index (χ1n) is 14.5. The van der Waals surface area contributed by atoms with Gasteiger partial charge in [0, 0.05) is 38.3 Å². The molecule has 234 valence electrons. The first kappa shape index (κ1) is 30.4. The van der Waals surface area contributed by atoms with E-state index in [0.29, 0.717) is 46.4 Å². The van der Waals surface area contributed by atoms with Gasteiger partial charge in [-0.15, -0.1) is 0 Å². The van der Waals surface area contributed by atoms with Crippen molar-refractivity contribution in [1.29, 1.82) is 0 Å². The van der Waals surface area contributed by atoms with E-state index in [1.807, 2.05) is 6.07 Å². The Morgan fingerprint density at radius 2 is 1.61 bits per heavy atom. The molecule has 1 unspecified atom stereocenters. The van der Waals surface area contributed by atoms with Crippen molar-refractivity contribution >= 4 is 17.4 Å². The summed E-state index contributed by atoms with van der Waals surface area (Å²) in [5.41, 5.74) is -2.68. The number of piperazine rings is 1. The highest BCUT2D eigenvalue weighted by molar-refractivity contribution is 6.05. The van der Waals surface area contributed by atoms with Gasteiger partial charge < -0.3 is 9.80 Å². The number of amides is 1. The molecule has 3 fully saturated rings. The van der Waals surface area contributed by atoms with Crippen molar-refractivity contribution in [1.82, 2.24) is 9.88 Å². The number of carbonyl (C=O) groups excluding carboxylic acids is 1. The number of alkyl halides is 6. The second-order valence-corrected chi connectivity index (χ2v) is 12.0. The van der Waals surface area contributed by atoms with Crippen LogP contribution in [0.15, 0.2) is 48.7 Å². The minimum Gasteiger partial charge on any atom is -0.354 e. The van der Waals surface area contributed by atoms with Crippen LogP contribution in [0.25, 0.3) is 11.1 Å². The maximum absolute atomic E-state index is 14.1. The number of nitrogens with zero attached hydrogens (tertiary/aromatic N) is 4. The molecule has 0 N–H and O–H groups in total. The van der Waals surface area contributed by atoms with Gasteiger partial charge >= 0.3 is 12.4 Å². The molecule has 0 radical (unpaired) electrons. The van der Waals surface area contributed by atoms with Crippen LogP contribution >= 0.6 is 0 Å².